The van der Waals surface area contributed by atoms with E-state index in [9.17, 15) is 22.8 Å². The Bertz CT molecular complexity index is 1290. The minimum Gasteiger partial charge on any atom is -0.299 e. The van der Waals surface area contributed by atoms with Gasteiger partial charge in [0.05, 0.1) is 22.3 Å². The number of hydroxylamine groups is 2. The first-order valence-corrected chi connectivity index (χ1v) is 13.9. The first kappa shape index (κ1) is 25.5. The molecule has 188 valence electrons. The summed E-state index contributed by atoms with van der Waals surface area (Å²) in [6.07, 6.45) is 4.71. The summed E-state index contributed by atoms with van der Waals surface area (Å²) in [6.45, 7) is 7.79. The molecule has 1 saturated carbocycles. The third-order valence-corrected chi connectivity index (χ3v) is 9.08. The SMILES string of the molecule is CCCCc1ccc2c3c(cccc13)C(=O)N(OS(=O)(=O)CC1(CCC)C(=O)CCC1(C)C)C2=O. The number of amides is 2. The van der Waals surface area contributed by atoms with E-state index in [1.807, 2.05) is 32.9 Å². The van der Waals surface area contributed by atoms with Crippen molar-refractivity contribution in [3.05, 3.63) is 47.0 Å². The minimum atomic E-state index is -4.44. The van der Waals surface area contributed by atoms with E-state index >= 15 is 0 Å². The van der Waals surface area contributed by atoms with E-state index < -0.39 is 38.5 Å². The molecule has 2 amide bonds. The van der Waals surface area contributed by atoms with Crippen molar-refractivity contribution in [3.8, 4) is 0 Å². The predicted molar refractivity (Wildman–Crippen MR) is 133 cm³/mol. The standard InChI is InChI=1S/C27H33NO6S/c1-5-7-9-18-12-13-21-23-19(18)10-8-11-20(23)24(30)28(25(21)31)34-35(32,33)17-27(15-6-2)22(29)14-16-26(27,3)4/h8,10-13H,5-7,9,14-17H2,1-4H3. The molecule has 0 aromatic heterocycles. The van der Waals surface area contributed by atoms with Gasteiger partial charge in [-0.2, -0.15) is 8.42 Å². The van der Waals surface area contributed by atoms with Gasteiger partial charge in [0, 0.05) is 11.8 Å². The maximum absolute atomic E-state index is 13.3. The maximum atomic E-state index is 13.3. The molecule has 1 heterocycles. The molecule has 1 aliphatic carbocycles. The van der Waals surface area contributed by atoms with Gasteiger partial charge in [-0.1, -0.05) is 58.7 Å². The Balaban J connectivity index is 1.69. The van der Waals surface area contributed by atoms with Crippen LogP contribution in [-0.4, -0.2) is 36.8 Å². The number of hydrogen-bond donors (Lipinski definition) is 0. The molecule has 1 aliphatic heterocycles. The maximum Gasteiger partial charge on any atom is 0.289 e. The van der Waals surface area contributed by atoms with Crippen molar-refractivity contribution >= 4 is 38.5 Å². The fourth-order valence-electron chi connectivity index (χ4n) is 5.76. The molecule has 0 bridgehead atoms. The molecule has 35 heavy (non-hydrogen) atoms. The summed E-state index contributed by atoms with van der Waals surface area (Å²) in [5, 5.41) is 1.70. The van der Waals surface area contributed by atoms with Crippen molar-refractivity contribution in [1.29, 1.82) is 0 Å². The van der Waals surface area contributed by atoms with Gasteiger partial charge in [0.15, 0.2) is 0 Å². The Morgan fingerprint density at radius 2 is 1.66 bits per heavy atom. The van der Waals surface area contributed by atoms with Crippen molar-refractivity contribution in [2.75, 3.05) is 5.75 Å². The number of carbonyl (C=O) groups is 3. The number of benzene rings is 2. The number of imide groups is 1. The van der Waals surface area contributed by atoms with E-state index in [4.69, 9.17) is 4.28 Å². The molecule has 7 nitrogen and oxygen atoms in total. The van der Waals surface area contributed by atoms with Gasteiger partial charge in [-0.25, -0.2) is 0 Å². The van der Waals surface area contributed by atoms with Crippen LogP contribution in [0.4, 0.5) is 0 Å². The van der Waals surface area contributed by atoms with Crippen molar-refractivity contribution in [3.63, 3.8) is 0 Å². The summed E-state index contributed by atoms with van der Waals surface area (Å²) < 4.78 is 31.7. The van der Waals surface area contributed by atoms with Crippen LogP contribution in [0.15, 0.2) is 30.3 Å². The summed E-state index contributed by atoms with van der Waals surface area (Å²) in [5.74, 6) is -2.30. The Labute approximate surface area is 206 Å². The lowest BCUT2D eigenvalue weighted by Gasteiger charge is -2.39. The highest BCUT2D eigenvalue weighted by molar-refractivity contribution is 7.86. The molecule has 1 unspecified atom stereocenters. The third-order valence-electron chi connectivity index (χ3n) is 7.85. The number of rotatable bonds is 9. The zero-order chi connectivity index (χ0) is 25.6. The zero-order valence-corrected chi connectivity index (χ0v) is 21.7. The van der Waals surface area contributed by atoms with Crippen LogP contribution in [0.1, 0.15) is 92.5 Å². The number of aryl methyl sites for hydroxylation is 1. The Morgan fingerprint density at radius 1 is 0.971 bits per heavy atom. The summed E-state index contributed by atoms with van der Waals surface area (Å²) in [5.41, 5.74) is -0.162. The predicted octanol–water partition coefficient (Wildman–Crippen LogP) is 5.22. The molecule has 2 aromatic carbocycles. The molecule has 1 atom stereocenters. The normalized spacial score (nSPS) is 21.8. The highest BCUT2D eigenvalue weighted by atomic mass is 32.2. The molecule has 0 radical (unpaired) electrons. The van der Waals surface area contributed by atoms with Crippen LogP contribution in [0.2, 0.25) is 0 Å². The third kappa shape index (κ3) is 4.20. The molecular formula is C27H33NO6S. The fourth-order valence-corrected chi connectivity index (χ4v) is 7.48. The monoisotopic (exact) mass is 499 g/mol. The second-order valence-corrected chi connectivity index (χ2v) is 12.0. The summed E-state index contributed by atoms with van der Waals surface area (Å²) in [7, 11) is -4.44. The minimum absolute atomic E-state index is 0.109. The Hall–Kier alpha value is -2.58. The van der Waals surface area contributed by atoms with Gasteiger partial charge in [-0.05, 0) is 54.2 Å². The van der Waals surface area contributed by atoms with E-state index in [0.717, 1.165) is 30.2 Å². The first-order chi connectivity index (χ1) is 16.5. The van der Waals surface area contributed by atoms with Gasteiger partial charge in [0.1, 0.15) is 5.78 Å². The number of unbranched alkanes of at least 4 members (excludes halogenated alkanes) is 1. The van der Waals surface area contributed by atoms with Crippen LogP contribution in [0.5, 0.6) is 0 Å². The van der Waals surface area contributed by atoms with Gasteiger partial charge in [-0.3, -0.25) is 14.4 Å². The van der Waals surface area contributed by atoms with Crippen LogP contribution >= 0.6 is 0 Å². The van der Waals surface area contributed by atoms with Gasteiger partial charge < -0.3 is 0 Å². The van der Waals surface area contributed by atoms with Gasteiger partial charge in [0.25, 0.3) is 21.9 Å². The van der Waals surface area contributed by atoms with Crippen LogP contribution < -0.4 is 0 Å². The number of ketones is 1. The number of hydrogen-bond acceptors (Lipinski definition) is 6. The average Bonchev–Trinajstić information content (AvgIpc) is 3.02. The molecule has 0 saturated heterocycles. The summed E-state index contributed by atoms with van der Waals surface area (Å²) in [6, 6.07) is 8.68. The smallest absolute Gasteiger partial charge is 0.289 e. The van der Waals surface area contributed by atoms with Crippen molar-refractivity contribution in [1.82, 2.24) is 5.06 Å². The van der Waals surface area contributed by atoms with E-state index in [1.54, 1.807) is 18.2 Å². The Kier molecular flexibility index (Phi) is 6.66. The average molecular weight is 500 g/mol. The number of carbonyl (C=O) groups excluding carboxylic acids is 3. The lowest BCUT2D eigenvalue weighted by Crippen LogP contribution is -2.47. The molecule has 4 rings (SSSR count). The second kappa shape index (κ2) is 9.13. The topological polar surface area (TPSA) is 97.8 Å². The van der Waals surface area contributed by atoms with Gasteiger partial charge >= 0.3 is 0 Å². The van der Waals surface area contributed by atoms with Crippen LogP contribution in [0, 0.1) is 10.8 Å². The lowest BCUT2D eigenvalue weighted by molar-refractivity contribution is -0.128. The van der Waals surface area contributed by atoms with Gasteiger partial charge in [0.2, 0.25) is 0 Å². The molecule has 8 heteroatoms. The largest absolute Gasteiger partial charge is 0.299 e. The highest BCUT2D eigenvalue weighted by Gasteiger charge is 2.57. The molecule has 0 N–H and O–H groups in total. The van der Waals surface area contributed by atoms with Crippen LogP contribution in [0.3, 0.4) is 0 Å². The first-order valence-electron chi connectivity index (χ1n) is 12.4. The van der Waals surface area contributed by atoms with E-state index in [-0.39, 0.29) is 16.9 Å². The van der Waals surface area contributed by atoms with Crippen LogP contribution in [0.25, 0.3) is 10.8 Å². The lowest BCUT2D eigenvalue weighted by atomic mass is 9.66. The molecule has 1 fully saturated rings. The van der Waals surface area contributed by atoms with Gasteiger partial charge in [-0.15, -0.1) is 9.35 Å². The summed E-state index contributed by atoms with van der Waals surface area (Å²) in [4.78, 5) is 39.5. The summed E-state index contributed by atoms with van der Waals surface area (Å²) >= 11 is 0. The second-order valence-electron chi connectivity index (χ2n) is 10.4. The number of nitrogens with zero attached hydrogens (tertiary/aromatic N) is 1. The zero-order valence-electron chi connectivity index (χ0n) is 20.8. The quantitative estimate of drug-likeness (QED) is 0.439. The van der Waals surface area contributed by atoms with E-state index in [1.165, 1.54) is 0 Å². The number of Topliss-reactive ketones (excluding diaryl/α,β-unsaturated/α-hetero) is 1. The Morgan fingerprint density at radius 3 is 2.26 bits per heavy atom. The van der Waals surface area contributed by atoms with Crippen molar-refractivity contribution in [2.45, 2.75) is 72.6 Å². The van der Waals surface area contributed by atoms with Crippen LogP contribution in [-0.2, 0) is 25.6 Å². The van der Waals surface area contributed by atoms with Crippen molar-refractivity contribution < 1.29 is 27.1 Å². The molecule has 2 aliphatic rings. The van der Waals surface area contributed by atoms with Crippen molar-refractivity contribution in [2.24, 2.45) is 10.8 Å². The molecular weight excluding hydrogens is 466 g/mol. The van der Waals surface area contributed by atoms with E-state index in [2.05, 4.69) is 6.92 Å². The highest BCUT2D eigenvalue weighted by Crippen LogP contribution is 2.54. The van der Waals surface area contributed by atoms with E-state index in [0.29, 0.717) is 36.1 Å². The fraction of sp³-hybridized carbons (Fsp3) is 0.519. The molecule has 2 aromatic rings. The molecule has 0 spiro atoms.